The Labute approximate surface area is 172 Å². The lowest BCUT2D eigenvalue weighted by Crippen LogP contribution is -2.50. The number of ether oxygens (including phenoxy) is 1. The summed E-state index contributed by atoms with van der Waals surface area (Å²) in [6.45, 7) is 6.60. The van der Waals surface area contributed by atoms with Gasteiger partial charge in [0, 0.05) is 32.7 Å². The van der Waals surface area contributed by atoms with Gasteiger partial charge in [-0.3, -0.25) is 14.5 Å². The third-order valence-electron chi connectivity index (χ3n) is 5.01. The second-order valence-corrected chi connectivity index (χ2v) is 7.17. The van der Waals surface area contributed by atoms with Gasteiger partial charge in [-0.2, -0.15) is 0 Å². The standard InChI is InChI=1S/C23H29N3O3/c1-2-29-21-10-8-20(9-11-21)18-25-12-14-26(15-13-25)23(28)17-24-22(27)16-19-6-4-3-5-7-19/h3-11H,2,12-18H2,1H3,(H,24,27). The quantitative estimate of drug-likeness (QED) is 0.744. The molecule has 1 aliphatic rings. The number of benzene rings is 2. The maximum Gasteiger partial charge on any atom is 0.242 e. The number of carbonyl (C=O) groups excluding carboxylic acids is 2. The van der Waals surface area contributed by atoms with E-state index in [1.807, 2.05) is 54.3 Å². The summed E-state index contributed by atoms with van der Waals surface area (Å²) < 4.78 is 5.48. The van der Waals surface area contributed by atoms with Crippen LogP contribution < -0.4 is 10.1 Å². The Morgan fingerprint density at radius 1 is 0.931 bits per heavy atom. The van der Waals surface area contributed by atoms with Crippen molar-refractivity contribution in [2.24, 2.45) is 0 Å². The first-order valence-electron chi connectivity index (χ1n) is 10.2. The molecule has 1 heterocycles. The van der Waals surface area contributed by atoms with Gasteiger partial charge in [0.2, 0.25) is 11.8 Å². The second kappa shape index (κ2) is 10.6. The van der Waals surface area contributed by atoms with Gasteiger partial charge in [0.05, 0.1) is 19.6 Å². The van der Waals surface area contributed by atoms with Crippen LogP contribution >= 0.6 is 0 Å². The van der Waals surface area contributed by atoms with Crippen molar-refractivity contribution in [3.05, 3.63) is 65.7 Å². The monoisotopic (exact) mass is 395 g/mol. The Bertz CT molecular complexity index is 785. The first kappa shape index (κ1) is 20.9. The molecule has 1 aliphatic heterocycles. The minimum Gasteiger partial charge on any atom is -0.494 e. The summed E-state index contributed by atoms with van der Waals surface area (Å²) in [5.74, 6) is 0.742. The molecule has 0 radical (unpaired) electrons. The molecule has 0 saturated carbocycles. The Hall–Kier alpha value is -2.86. The Morgan fingerprint density at radius 2 is 1.62 bits per heavy atom. The largest absolute Gasteiger partial charge is 0.494 e. The van der Waals surface area contributed by atoms with Crippen LogP contribution in [0.5, 0.6) is 5.75 Å². The minimum atomic E-state index is -0.126. The van der Waals surface area contributed by atoms with E-state index in [0.717, 1.165) is 30.9 Å². The predicted molar refractivity (Wildman–Crippen MR) is 113 cm³/mol. The van der Waals surface area contributed by atoms with Crippen molar-refractivity contribution in [2.45, 2.75) is 19.9 Å². The third-order valence-corrected chi connectivity index (χ3v) is 5.01. The van der Waals surface area contributed by atoms with Crippen LogP contribution in [0.25, 0.3) is 0 Å². The van der Waals surface area contributed by atoms with Crippen LogP contribution in [-0.2, 0) is 22.6 Å². The SMILES string of the molecule is CCOc1ccc(CN2CCN(C(=O)CNC(=O)Cc3ccccc3)CC2)cc1. The van der Waals surface area contributed by atoms with Gasteiger partial charge >= 0.3 is 0 Å². The average Bonchev–Trinajstić information content (AvgIpc) is 2.75. The number of nitrogens with one attached hydrogen (secondary N) is 1. The second-order valence-electron chi connectivity index (χ2n) is 7.17. The fraction of sp³-hybridized carbons (Fsp3) is 0.391. The van der Waals surface area contributed by atoms with E-state index in [1.54, 1.807) is 0 Å². The van der Waals surface area contributed by atoms with Crippen LogP contribution in [0.1, 0.15) is 18.1 Å². The van der Waals surface area contributed by atoms with Crippen LogP contribution in [0.3, 0.4) is 0 Å². The third kappa shape index (κ3) is 6.61. The number of rotatable bonds is 8. The molecule has 154 valence electrons. The van der Waals surface area contributed by atoms with Crippen molar-refractivity contribution < 1.29 is 14.3 Å². The molecule has 29 heavy (non-hydrogen) atoms. The maximum atomic E-state index is 12.4. The molecule has 2 aromatic carbocycles. The summed E-state index contributed by atoms with van der Waals surface area (Å²) in [4.78, 5) is 28.6. The molecule has 3 rings (SSSR count). The minimum absolute atomic E-state index is 0.0212. The fourth-order valence-electron chi connectivity index (χ4n) is 3.40. The van der Waals surface area contributed by atoms with Crippen molar-refractivity contribution >= 4 is 11.8 Å². The first-order chi connectivity index (χ1) is 14.1. The van der Waals surface area contributed by atoms with Gasteiger partial charge in [-0.15, -0.1) is 0 Å². The maximum absolute atomic E-state index is 12.4. The van der Waals surface area contributed by atoms with Gasteiger partial charge in [-0.05, 0) is 30.2 Å². The van der Waals surface area contributed by atoms with Crippen molar-refractivity contribution in [3.63, 3.8) is 0 Å². The molecule has 1 fully saturated rings. The van der Waals surface area contributed by atoms with E-state index in [1.165, 1.54) is 5.56 Å². The molecule has 1 N–H and O–H groups in total. The number of nitrogens with zero attached hydrogens (tertiary/aromatic N) is 2. The molecule has 0 aromatic heterocycles. The highest BCUT2D eigenvalue weighted by atomic mass is 16.5. The van der Waals surface area contributed by atoms with E-state index >= 15 is 0 Å². The Kier molecular flexibility index (Phi) is 7.64. The molecule has 2 amide bonds. The average molecular weight is 396 g/mol. The summed E-state index contributed by atoms with van der Waals surface area (Å²) in [7, 11) is 0. The van der Waals surface area contributed by atoms with E-state index in [9.17, 15) is 9.59 Å². The molecule has 0 bridgehead atoms. The number of hydrogen-bond donors (Lipinski definition) is 1. The van der Waals surface area contributed by atoms with E-state index < -0.39 is 0 Å². The van der Waals surface area contributed by atoms with Crippen LogP contribution in [0.15, 0.2) is 54.6 Å². The number of amides is 2. The van der Waals surface area contributed by atoms with Crippen molar-refractivity contribution in [3.8, 4) is 5.75 Å². The normalized spacial score (nSPS) is 14.4. The molecule has 0 unspecified atom stereocenters. The van der Waals surface area contributed by atoms with Crippen LogP contribution in [-0.4, -0.2) is 60.9 Å². The molecule has 1 saturated heterocycles. The van der Waals surface area contributed by atoms with Gasteiger partial charge in [0.1, 0.15) is 5.75 Å². The highest BCUT2D eigenvalue weighted by molar-refractivity contribution is 5.85. The van der Waals surface area contributed by atoms with Crippen molar-refractivity contribution in [2.75, 3.05) is 39.3 Å². The summed E-state index contributed by atoms with van der Waals surface area (Å²) in [6, 6.07) is 17.7. The predicted octanol–water partition coefficient (Wildman–Crippen LogP) is 2.09. The van der Waals surface area contributed by atoms with E-state index in [-0.39, 0.29) is 18.4 Å². The summed E-state index contributed by atoms with van der Waals surface area (Å²) in [5.41, 5.74) is 2.18. The zero-order valence-corrected chi connectivity index (χ0v) is 17.0. The lowest BCUT2D eigenvalue weighted by atomic mass is 10.1. The molecule has 6 heteroatoms. The number of piperazine rings is 1. The zero-order chi connectivity index (χ0) is 20.5. The van der Waals surface area contributed by atoms with Gasteiger partial charge in [-0.25, -0.2) is 0 Å². The fourth-order valence-corrected chi connectivity index (χ4v) is 3.40. The highest BCUT2D eigenvalue weighted by Gasteiger charge is 2.21. The van der Waals surface area contributed by atoms with E-state index in [4.69, 9.17) is 4.74 Å². The zero-order valence-electron chi connectivity index (χ0n) is 17.0. The van der Waals surface area contributed by atoms with E-state index in [2.05, 4.69) is 22.3 Å². The van der Waals surface area contributed by atoms with Gasteiger partial charge < -0.3 is 15.0 Å². The van der Waals surface area contributed by atoms with Crippen molar-refractivity contribution in [1.29, 1.82) is 0 Å². The molecule has 0 spiro atoms. The van der Waals surface area contributed by atoms with Gasteiger partial charge in [-0.1, -0.05) is 42.5 Å². The highest BCUT2D eigenvalue weighted by Crippen LogP contribution is 2.14. The number of hydrogen-bond acceptors (Lipinski definition) is 4. The van der Waals surface area contributed by atoms with Crippen molar-refractivity contribution in [1.82, 2.24) is 15.1 Å². The number of carbonyl (C=O) groups is 2. The molecule has 2 aromatic rings. The van der Waals surface area contributed by atoms with Gasteiger partial charge in [0.15, 0.2) is 0 Å². The Balaban J connectivity index is 1.37. The van der Waals surface area contributed by atoms with Crippen LogP contribution in [0.4, 0.5) is 0 Å². The van der Waals surface area contributed by atoms with Gasteiger partial charge in [0.25, 0.3) is 0 Å². The summed E-state index contributed by atoms with van der Waals surface area (Å²) in [5, 5.41) is 2.74. The Morgan fingerprint density at radius 3 is 2.28 bits per heavy atom. The van der Waals surface area contributed by atoms with E-state index in [0.29, 0.717) is 26.1 Å². The smallest absolute Gasteiger partial charge is 0.242 e. The lowest BCUT2D eigenvalue weighted by molar-refractivity contribution is -0.134. The first-order valence-corrected chi connectivity index (χ1v) is 10.2. The van der Waals surface area contributed by atoms with Crippen LogP contribution in [0.2, 0.25) is 0 Å². The lowest BCUT2D eigenvalue weighted by Gasteiger charge is -2.34. The molecule has 0 aliphatic carbocycles. The summed E-state index contributed by atoms with van der Waals surface area (Å²) in [6.07, 6.45) is 0.296. The topological polar surface area (TPSA) is 61.9 Å². The molecular weight excluding hydrogens is 366 g/mol. The molecular formula is C23H29N3O3. The molecule has 0 atom stereocenters. The summed E-state index contributed by atoms with van der Waals surface area (Å²) >= 11 is 0. The molecule has 6 nitrogen and oxygen atoms in total. The van der Waals surface area contributed by atoms with Crippen LogP contribution in [0, 0.1) is 0 Å².